The number of halogens is 3. The van der Waals surface area contributed by atoms with E-state index in [2.05, 4.69) is 5.32 Å². The zero-order valence-electron chi connectivity index (χ0n) is 11.4. The van der Waals surface area contributed by atoms with Crippen molar-refractivity contribution in [3.05, 3.63) is 29.8 Å². The van der Waals surface area contributed by atoms with E-state index in [0.717, 1.165) is 4.90 Å². The molecule has 1 rings (SSSR count). The lowest BCUT2D eigenvalue weighted by atomic mass is 10.2. The number of hydrogen-bond donors (Lipinski definition) is 2. The van der Waals surface area contributed by atoms with E-state index < -0.39 is 18.6 Å². The van der Waals surface area contributed by atoms with Gasteiger partial charge in [0.05, 0.1) is 13.1 Å². The van der Waals surface area contributed by atoms with Crippen molar-refractivity contribution in [3.63, 3.8) is 0 Å². The van der Waals surface area contributed by atoms with Gasteiger partial charge in [-0.1, -0.05) is 19.1 Å². The number of benzene rings is 1. The molecule has 116 valence electrons. The summed E-state index contributed by atoms with van der Waals surface area (Å²) in [5, 5.41) is 2.53. The number of carbonyl (C=O) groups is 1. The van der Waals surface area contributed by atoms with Gasteiger partial charge in [0, 0.05) is 11.3 Å². The molecule has 0 heterocycles. The van der Waals surface area contributed by atoms with E-state index in [1.54, 1.807) is 31.2 Å². The molecule has 0 bridgehead atoms. The third-order valence-electron chi connectivity index (χ3n) is 2.67. The van der Waals surface area contributed by atoms with E-state index in [1.807, 2.05) is 0 Å². The van der Waals surface area contributed by atoms with Gasteiger partial charge >= 0.3 is 6.18 Å². The van der Waals surface area contributed by atoms with Crippen molar-refractivity contribution in [1.29, 1.82) is 0 Å². The number of thiocarbonyl (C=S) groups is 1. The third-order valence-corrected chi connectivity index (χ3v) is 2.91. The fourth-order valence-corrected chi connectivity index (χ4v) is 1.79. The van der Waals surface area contributed by atoms with Crippen LogP contribution in [0.5, 0.6) is 0 Å². The van der Waals surface area contributed by atoms with Gasteiger partial charge in [0.2, 0.25) is 5.91 Å². The van der Waals surface area contributed by atoms with Crippen LogP contribution in [-0.2, 0) is 4.79 Å². The van der Waals surface area contributed by atoms with Crippen molar-refractivity contribution in [3.8, 4) is 0 Å². The highest BCUT2D eigenvalue weighted by molar-refractivity contribution is 7.80. The van der Waals surface area contributed by atoms with Gasteiger partial charge in [-0.05, 0) is 30.8 Å². The van der Waals surface area contributed by atoms with Gasteiger partial charge in [0.25, 0.3) is 0 Å². The minimum atomic E-state index is -4.32. The summed E-state index contributed by atoms with van der Waals surface area (Å²) in [4.78, 5) is 13.0. The van der Waals surface area contributed by atoms with Crippen LogP contribution in [-0.4, -0.2) is 41.6 Å². The lowest BCUT2D eigenvalue weighted by molar-refractivity contribution is -0.147. The first-order chi connectivity index (χ1) is 9.71. The van der Waals surface area contributed by atoms with Crippen LogP contribution in [0.1, 0.15) is 12.5 Å². The molecule has 21 heavy (non-hydrogen) atoms. The fourth-order valence-electron chi connectivity index (χ4n) is 1.65. The Labute approximate surface area is 126 Å². The second kappa shape index (κ2) is 7.37. The maximum Gasteiger partial charge on any atom is 0.401 e. The van der Waals surface area contributed by atoms with Crippen LogP contribution in [0.4, 0.5) is 18.9 Å². The summed E-state index contributed by atoms with van der Waals surface area (Å²) in [5.41, 5.74) is 6.56. The Hall–Kier alpha value is -1.67. The highest BCUT2D eigenvalue weighted by atomic mass is 32.1. The molecule has 0 aliphatic carbocycles. The number of amides is 1. The van der Waals surface area contributed by atoms with Crippen molar-refractivity contribution in [2.24, 2.45) is 5.73 Å². The molecule has 0 aliphatic heterocycles. The zero-order chi connectivity index (χ0) is 16.0. The number of carbonyl (C=O) groups excluding carboxylic acids is 1. The first-order valence-electron chi connectivity index (χ1n) is 6.20. The second-order valence-electron chi connectivity index (χ2n) is 4.41. The largest absolute Gasteiger partial charge is 0.401 e. The molecule has 8 heteroatoms. The highest BCUT2D eigenvalue weighted by Gasteiger charge is 2.30. The quantitative estimate of drug-likeness (QED) is 0.789. The second-order valence-corrected chi connectivity index (χ2v) is 4.85. The normalized spacial score (nSPS) is 11.5. The summed E-state index contributed by atoms with van der Waals surface area (Å²) in [6.07, 6.45) is -4.32. The molecule has 0 aliphatic rings. The van der Waals surface area contributed by atoms with Gasteiger partial charge in [-0.2, -0.15) is 13.2 Å². The Kier molecular flexibility index (Phi) is 6.10. The Morgan fingerprint density at radius 1 is 1.33 bits per heavy atom. The Morgan fingerprint density at radius 2 is 1.90 bits per heavy atom. The predicted molar refractivity (Wildman–Crippen MR) is 79.1 cm³/mol. The number of likely N-dealkylation sites (N-methyl/N-ethyl adjacent to an activating group) is 1. The van der Waals surface area contributed by atoms with E-state index in [-0.39, 0.29) is 18.1 Å². The molecule has 1 aromatic carbocycles. The number of rotatable bonds is 6. The van der Waals surface area contributed by atoms with E-state index in [9.17, 15) is 18.0 Å². The molecule has 0 fully saturated rings. The monoisotopic (exact) mass is 319 g/mol. The minimum absolute atomic E-state index is 0.132. The smallest absolute Gasteiger partial charge is 0.389 e. The maximum absolute atomic E-state index is 12.3. The van der Waals surface area contributed by atoms with Crippen LogP contribution >= 0.6 is 12.2 Å². The van der Waals surface area contributed by atoms with E-state index in [0.29, 0.717) is 11.3 Å². The van der Waals surface area contributed by atoms with Crippen LogP contribution in [0, 0.1) is 0 Å². The van der Waals surface area contributed by atoms with Crippen LogP contribution < -0.4 is 11.1 Å². The Bertz CT molecular complexity index is 502. The van der Waals surface area contributed by atoms with Crippen LogP contribution in [0.2, 0.25) is 0 Å². The zero-order valence-corrected chi connectivity index (χ0v) is 12.2. The standard InChI is InChI=1S/C13H16F3N3OS/c1-2-19(8-13(14,15)16)7-11(20)18-10-5-3-9(4-6-10)12(17)21/h3-6H,2,7-8H2,1H3,(H2,17,21)(H,18,20). The molecule has 0 aromatic heterocycles. The summed E-state index contributed by atoms with van der Waals surface area (Å²) in [6, 6.07) is 6.44. The number of nitrogens with two attached hydrogens (primary N) is 1. The van der Waals surface area contributed by atoms with Crippen molar-refractivity contribution < 1.29 is 18.0 Å². The van der Waals surface area contributed by atoms with Gasteiger partial charge < -0.3 is 11.1 Å². The van der Waals surface area contributed by atoms with Crippen molar-refractivity contribution in [2.45, 2.75) is 13.1 Å². The van der Waals surface area contributed by atoms with Crippen LogP contribution in [0.3, 0.4) is 0 Å². The van der Waals surface area contributed by atoms with Crippen LogP contribution in [0.25, 0.3) is 0 Å². The van der Waals surface area contributed by atoms with Gasteiger partial charge in [0.15, 0.2) is 0 Å². The van der Waals surface area contributed by atoms with E-state index in [4.69, 9.17) is 18.0 Å². The molecule has 0 radical (unpaired) electrons. The number of nitrogens with zero attached hydrogens (tertiary/aromatic N) is 1. The molecular weight excluding hydrogens is 303 g/mol. The average Bonchev–Trinajstić information content (AvgIpc) is 2.36. The highest BCUT2D eigenvalue weighted by Crippen LogP contribution is 2.16. The fraction of sp³-hybridized carbons (Fsp3) is 0.385. The summed E-state index contributed by atoms with van der Waals surface area (Å²) in [5.74, 6) is -0.510. The third kappa shape index (κ3) is 6.54. The molecule has 3 N–H and O–H groups in total. The Balaban J connectivity index is 2.58. The van der Waals surface area contributed by atoms with Crippen molar-refractivity contribution >= 4 is 28.8 Å². The number of hydrogen-bond acceptors (Lipinski definition) is 3. The summed E-state index contributed by atoms with van der Waals surface area (Å²) in [7, 11) is 0. The molecule has 1 amide bonds. The first kappa shape index (κ1) is 17.4. The van der Waals surface area contributed by atoms with E-state index >= 15 is 0 Å². The van der Waals surface area contributed by atoms with E-state index in [1.165, 1.54) is 0 Å². The molecule has 0 spiro atoms. The Morgan fingerprint density at radius 3 is 2.33 bits per heavy atom. The SMILES string of the molecule is CCN(CC(=O)Nc1ccc(C(N)=S)cc1)CC(F)(F)F. The molecular formula is C13H16F3N3OS. The van der Waals surface area contributed by atoms with Gasteiger partial charge in [-0.15, -0.1) is 0 Å². The minimum Gasteiger partial charge on any atom is -0.389 e. The molecule has 0 atom stereocenters. The first-order valence-corrected chi connectivity index (χ1v) is 6.61. The van der Waals surface area contributed by atoms with Crippen LogP contribution in [0.15, 0.2) is 24.3 Å². The summed E-state index contributed by atoms with van der Waals surface area (Å²) >= 11 is 4.79. The van der Waals surface area contributed by atoms with Gasteiger partial charge in [-0.25, -0.2) is 0 Å². The number of alkyl halides is 3. The molecule has 0 saturated carbocycles. The lowest BCUT2D eigenvalue weighted by Crippen LogP contribution is -2.39. The molecule has 0 unspecified atom stereocenters. The summed E-state index contributed by atoms with van der Waals surface area (Å²) < 4.78 is 36.9. The van der Waals surface area contributed by atoms with Gasteiger partial charge in [-0.3, -0.25) is 9.69 Å². The summed E-state index contributed by atoms with van der Waals surface area (Å²) in [6.45, 7) is 0.258. The average molecular weight is 319 g/mol. The van der Waals surface area contributed by atoms with Crippen molar-refractivity contribution in [2.75, 3.05) is 25.0 Å². The number of anilines is 1. The maximum atomic E-state index is 12.3. The molecule has 1 aromatic rings. The number of nitrogens with one attached hydrogen (secondary N) is 1. The predicted octanol–water partition coefficient (Wildman–Crippen LogP) is 2.14. The molecule has 0 saturated heterocycles. The molecule has 4 nitrogen and oxygen atoms in total. The van der Waals surface area contributed by atoms with Crippen molar-refractivity contribution in [1.82, 2.24) is 4.90 Å². The van der Waals surface area contributed by atoms with Gasteiger partial charge in [0.1, 0.15) is 4.99 Å². The lowest BCUT2D eigenvalue weighted by Gasteiger charge is -2.21. The topological polar surface area (TPSA) is 58.4 Å².